The molecular formula is C22H27NO4S. The van der Waals surface area contributed by atoms with Gasteiger partial charge >= 0.3 is 5.97 Å². The first-order valence-corrected chi connectivity index (χ1v) is 10.5. The van der Waals surface area contributed by atoms with Crippen molar-refractivity contribution in [3.05, 3.63) is 45.8 Å². The molecule has 3 rings (SSSR count). The molecule has 0 unspecified atom stereocenters. The molecule has 6 heteroatoms. The molecule has 1 amide bonds. The van der Waals surface area contributed by atoms with Crippen molar-refractivity contribution in [1.29, 1.82) is 0 Å². The van der Waals surface area contributed by atoms with E-state index in [0.29, 0.717) is 35.9 Å². The van der Waals surface area contributed by atoms with Gasteiger partial charge in [0.25, 0.3) is 0 Å². The zero-order chi connectivity index (χ0) is 20.1. The number of esters is 1. The lowest BCUT2D eigenvalue weighted by atomic mass is 9.88. The smallest absolute Gasteiger partial charge is 0.341 e. The largest absolute Gasteiger partial charge is 0.494 e. The fraction of sp³-hybridized carbons (Fsp3) is 0.455. The first kappa shape index (κ1) is 20.4. The minimum Gasteiger partial charge on any atom is -0.494 e. The van der Waals surface area contributed by atoms with Crippen LogP contribution in [0.3, 0.4) is 0 Å². The SMILES string of the molecule is COC(=O)c1c(NC(=O)CCCOc2ccc(C)cc2)sc2c1CC[C@@H](C)C2. The highest BCUT2D eigenvalue weighted by Gasteiger charge is 2.28. The van der Waals surface area contributed by atoms with Crippen LogP contribution in [0.1, 0.15) is 52.5 Å². The molecule has 1 N–H and O–H groups in total. The predicted molar refractivity (Wildman–Crippen MR) is 111 cm³/mol. The van der Waals surface area contributed by atoms with Crippen molar-refractivity contribution in [1.82, 2.24) is 0 Å². The van der Waals surface area contributed by atoms with Crippen LogP contribution in [0.15, 0.2) is 24.3 Å². The summed E-state index contributed by atoms with van der Waals surface area (Å²) < 4.78 is 10.6. The van der Waals surface area contributed by atoms with Gasteiger partial charge in [0.2, 0.25) is 5.91 Å². The number of carbonyl (C=O) groups is 2. The lowest BCUT2D eigenvalue weighted by Crippen LogP contribution is -2.16. The summed E-state index contributed by atoms with van der Waals surface area (Å²) in [5, 5.41) is 3.55. The molecule has 28 heavy (non-hydrogen) atoms. The van der Waals surface area contributed by atoms with E-state index in [1.165, 1.54) is 28.9 Å². The fourth-order valence-electron chi connectivity index (χ4n) is 3.40. The summed E-state index contributed by atoms with van der Waals surface area (Å²) in [5.74, 6) is 0.924. The number of nitrogens with one attached hydrogen (secondary N) is 1. The van der Waals surface area contributed by atoms with Gasteiger partial charge in [0.05, 0.1) is 19.3 Å². The van der Waals surface area contributed by atoms with E-state index < -0.39 is 0 Å². The molecule has 2 aromatic rings. The van der Waals surface area contributed by atoms with Crippen molar-refractivity contribution in [3.63, 3.8) is 0 Å². The van der Waals surface area contributed by atoms with Crippen LogP contribution in [0.5, 0.6) is 5.75 Å². The Morgan fingerprint density at radius 2 is 2.00 bits per heavy atom. The Kier molecular flexibility index (Phi) is 6.73. The molecule has 1 atom stereocenters. The molecule has 1 heterocycles. The Morgan fingerprint density at radius 3 is 2.71 bits per heavy atom. The molecule has 1 aliphatic carbocycles. The standard InChI is InChI=1S/C22H27NO4S/c1-14-6-9-16(10-7-14)27-12-4-5-19(24)23-21-20(22(25)26-3)17-11-8-15(2)13-18(17)28-21/h6-7,9-10,15H,4-5,8,11-13H2,1-3H3,(H,23,24)/t15-/m1/s1. The van der Waals surface area contributed by atoms with Gasteiger partial charge in [-0.2, -0.15) is 0 Å². The van der Waals surface area contributed by atoms with E-state index in [-0.39, 0.29) is 11.9 Å². The number of ether oxygens (including phenoxy) is 2. The van der Waals surface area contributed by atoms with E-state index in [9.17, 15) is 9.59 Å². The van der Waals surface area contributed by atoms with Crippen molar-refractivity contribution in [2.75, 3.05) is 19.0 Å². The number of benzene rings is 1. The van der Waals surface area contributed by atoms with E-state index in [1.807, 2.05) is 31.2 Å². The Balaban J connectivity index is 1.57. The molecule has 0 bridgehead atoms. The summed E-state index contributed by atoms with van der Waals surface area (Å²) in [6.07, 6.45) is 3.81. The normalized spacial score (nSPS) is 15.6. The maximum absolute atomic E-state index is 12.4. The molecule has 5 nitrogen and oxygen atoms in total. The number of methoxy groups -OCH3 is 1. The molecular weight excluding hydrogens is 374 g/mol. The maximum Gasteiger partial charge on any atom is 0.341 e. The molecule has 150 valence electrons. The third kappa shape index (κ3) is 4.93. The molecule has 0 aliphatic heterocycles. The number of carbonyl (C=O) groups excluding carboxylic acids is 2. The average Bonchev–Trinajstić information content (AvgIpc) is 3.02. The third-order valence-electron chi connectivity index (χ3n) is 4.99. The predicted octanol–water partition coefficient (Wildman–Crippen LogP) is 4.77. The Labute approximate surface area is 170 Å². The van der Waals surface area contributed by atoms with Gasteiger partial charge < -0.3 is 14.8 Å². The summed E-state index contributed by atoms with van der Waals surface area (Å²) >= 11 is 1.51. The van der Waals surface area contributed by atoms with Gasteiger partial charge in [-0.3, -0.25) is 4.79 Å². The van der Waals surface area contributed by atoms with Crippen LogP contribution in [0.4, 0.5) is 5.00 Å². The zero-order valence-electron chi connectivity index (χ0n) is 16.7. The van der Waals surface area contributed by atoms with E-state index in [0.717, 1.165) is 30.6 Å². The number of amides is 1. The number of rotatable bonds is 7. The number of thiophene rings is 1. The molecule has 0 radical (unpaired) electrons. The minimum atomic E-state index is -0.370. The van der Waals surface area contributed by atoms with Crippen LogP contribution in [0, 0.1) is 12.8 Å². The Bertz CT molecular complexity index is 841. The highest BCUT2D eigenvalue weighted by molar-refractivity contribution is 7.17. The lowest BCUT2D eigenvalue weighted by Gasteiger charge is -2.18. The van der Waals surface area contributed by atoms with Gasteiger partial charge in [0.1, 0.15) is 10.8 Å². The van der Waals surface area contributed by atoms with E-state index in [4.69, 9.17) is 9.47 Å². The number of anilines is 1. The number of aryl methyl sites for hydroxylation is 1. The van der Waals surface area contributed by atoms with Gasteiger partial charge in [-0.1, -0.05) is 24.6 Å². The van der Waals surface area contributed by atoms with E-state index in [1.54, 1.807) is 0 Å². The van der Waals surface area contributed by atoms with Crippen LogP contribution in [-0.4, -0.2) is 25.6 Å². The molecule has 1 aromatic carbocycles. The summed E-state index contributed by atoms with van der Waals surface area (Å²) in [5.41, 5.74) is 2.77. The van der Waals surface area contributed by atoms with Crippen molar-refractivity contribution in [2.24, 2.45) is 5.92 Å². The van der Waals surface area contributed by atoms with Gasteiger partial charge in [0, 0.05) is 11.3 Å². The second-order valence-corrected chi connectivity index (χ2v) is 8.47. The Morgan fingerprint density at radius 1 is 1.25 bits per heavy atom. The number of fused-ring (bicyclic) bond motifs is 1. The van der Waals surface area contributed by atoms with Crippen molar-refractivity contribution < 1.29 is 19.1 Å². The molecule has 0 spiro atoms. The first-order chi connectivity index (χ1) is 13.5. The summed E-state index contributed by atoms with van der Waals surface area (Å²) in [7, 11) is 1.38. The Hall–Kier alpha value is -2.34. The second-order valence-electron chi connectivity index (χ2n) is 7.36. The minimum absolute atomic E-state index is 0.107. The molecule has 1 aromatic heterocycles. The van der Waals surface area contributed by atoms with Gasteiger partial charge in [-0.25, -0.2) is 4.79 Å². The molecule has 0 saturated carbocycles. The van der Waals surface area contributed by atoms with Crippen LogP contribution >= 0.6 is 11.3 Å². The van der Waals surface area contributed by atoms with Crippen LogP contribution in [-0.2, 0) is 22.4 Å². The quantitative estimate of drug-likeness (QED) is 0.536. The monoisotopic (exact) mass is 401 g/mol. The highest BCUT2D eigenvalue weighted by atomic mass is 32.1. The topological polar surface area (TPSA) is 64.6 Å². The van der Waals surface area contributed by atoms with Crippen molar-refractivity contribution in [3.8, 4) is 5.75 Å². The molecule has 0 saturated heterocycles. The highest BCUT2D eigenvalue weighted by Crippen LogP contribution is 2.40. The summed E-state index contributed by atoms with van der Waals surface area (Å²) in [4.78, 5) is 25.9. The van der Waals surface area contributed by atoms with Crippen LogP contribution in [0.25, 0.3) is 0 Å². The van der Waals surface area contributed by atoms with E-state index >= 15 is 0 Å². The fourth-order valence-corrected chi connectivity index (χ4v) is 4.82. The van der Waals surface area contributed by atoms with Gasteiger partial charge in [-0.05, 0) is 56.2 Å². The summed E-state index contributed by atoms with van der Waals surface area (Å²) in [6, 6.07) is 7.84. The lowest BCUT2D eigenvalue weighted by molar-refractivity contribution is -0.116. The third-order valence-corrected chi connectivity index (χ3v) is 6.16. The van der Waals surface area contributed by atoms with E-state index in [2.05, 4.69) is 12.2 Å². The van der Waals surface area contributed by atoms with Crippen molar-refractivity contribution >= 4 is 28.2 Å². The van der Waals surface area contributed by atoms with Crippen LogP contribution < -0.4 is 10.1 Å². The van der Waals surface area contributed by atoms with Gasteiger partial charge in [0.15, 0.2) is 0 Å². The molecule has 0 fully saturated rings. The molecule has 1 aliphatic rings. The second kappa shape index (κ2) is 9.24. The van der Waals surface area contributed by atoms with Crippen LogP contribution in [0.2, 0.25) is 0 Å². The maximum atomic E-state index is 12.4. The van der Waals surface area contributed by atoms with Gasteiger partial charge in [-0.15, -0.1) is 11.3 Å². The van der Waals surface area contributed by atoms with Crippen molar-refractivity contribution in [2.45, 2.75) is 46.0 Å². The average molecular weight is 402 g/mol. The number of hydrogen-bond donors (Lipinski definition) is 1. The summed E-state index contributed by atoms with van der Waals surface area (Å²) in [6.45, 7) is 4.71. The zero-order valence-corrected chi connectivity index (χ0v) is 17.5. The number of hydrogen-bond acceptors (Lipinski definition) is 5. The first-order valence-electron chi connectivity index (χ1n) is 9.70.